The lowest BCUT2D eigenvalue weighted by molar-refractivity contribution is -0.115. The second kappa shape index (κ2) is 9.76. The number of amides is 2. The molecule has 0 unspecified atom stereocenters. The quantitative estimate of drug-likeness (QED) is 0.727. The van der Waals surface area contributed by atoms with Gasteiger partial charge in [0.05, 0.1) is 25.3 Å². The lowest BCUT2D eigenvalue weighted by atomic mass is 10.2. The van der Waals surface area contributed by atoms with Crippen LogP contribution in [0, 0.1) is 5.92 Å². The molecule has 0 radical (unpaired) electrons. The molecule has 1 aromatic heterocycles. The third kappa shape index (κ3) is 6.72. The van der Waals surface area contributed by atoms with Gasteiger partial charge in [0.1, 0.15) is 5.75 Å². The minimum absolute atomic E-state index is 0.117. The zero-order chi connectivity index (χ0) is 18.9. The van der Waals surface area contributed by atoms with E-state index in [1.54, 1.807) is 29.6 Å². The van der Waals surface area contributed by atoms with E-state index in [0.717, 1.165) is 5.75 Å². The number of ether oxygens (including phenoxy) is 2. The second-order valence-electron chi connectivity index (χ2n) is 5.94. The molecular weight excluding hydrogens is 354 g/mol. The topological polar surface area (TPSA) is 89.6 Å². The largest absolute Gasteiger partial charge is 0.494 e. The molecule has 0 spiro atoms. The van der Waals surface area contributed by atoms with Crippen LogP contribution in [0.4, 0.5) is 15.6 Å². The van der Waals surface area contributed by atoms with Crippen molar-refractivity contribution in [2.75, 3.05) is 23.8 Å². The van der Waals surface area contributed by atoms with Crippen LogP contribution in [-0.2, 0) is 16.0 Å². The van der Waals surface area contributed by atoms with Gasteiger partial charge in [-0.15, -0.1) is 11.3 Å². The highest BCUT2D eigenvalue weighted by Gasteiger charge is 2.11. The molecule has 140 valence electrons. The number of aromatic nitrogens is 1. The highest BCUT2D eigenvalue weighted by molar-refractivity contribution is 7.13. The Labute approximate surface area is 156 Å². The van der Waals surface area contributed by atoms with Crippen molar-refractivity contribution in [1.82, 2.24) is 4.98 Å². The summed E-state index contributed by atoms with van der Waals surface area (Å²) in [6.07, 6.45) is -0.426. The molecule has 2 aromatic rings. The van der Waals surface area contributed by atoms with Gasteiger partial charge in [0.25, 0.3) is 0 Å². The minimum atomic E-state index is -0.543. The summed E-state index contributed by atoms with van der Waals surface area (Å²) in [4.78, 5) is 27.9. The summed E-state index contributed by atoms with van der Waals surface area (Å²) < 4.78 is 10.4. The third-order valence-electron chi connectivity index (χ3n) is 3.10. The Balaban J connectivity index is 1.82. The van der Waals surface area contributed by atoms with Crippen molar-refractivity contribution < 1.29 is 19.1 Å². The van der Waals surface area contributed by atoms with Gasteiger partial charge < -0.3 is 14.8 Å². The summed E-state index contributed by atoms with van der Waals surface area (Å²) in [5.74, 6) is 0.831. The van der Waals surface area contributed by atoms with Crippen LogP contribution in [0.2, 0.25) is 0 Å². The zero-order valence-electron chi connectivity index (χ0n) is 15.1. The molecule has 0 saturated heterocycles. The first-order chi connectivity index (χ1) is 12.5. The normalized spacial score (nSPS) is 10.5. The van der Waals surface area contributed by atoms with Crippen molar-refractivity contribution in [1.29, 1.82) is 0 Å². The number of carbonyl (C=O) groups excluding carboxylic acids is 2. The average molecular weight is 377 g/mol. The van der Waals surface area contributed by atoms with Crippen LogP contribution < -0.4 is 15.4 Å². The summed E-state index contributed by atoms with van der Waals surface area (Å²) in [5, 5.41) is 7.50. The van der Waals surface area contributed by atoms with Gasteiger partial charge in [-0.2, -0.15) is 0 Å². The Hall–Kier alpha value is -2.61. The van der Waals surface area contributed by atoms with E-state index in [4.69, 9.17) is 9.47 Å². The average Bonchev–Trinajstić information content (AvgIpc) is 3.01. The van der Waals surface area contributed by atoms with Gasteiger partial charge in [0, 0.05) is 11.1 Å². The Morgan fingerprint density at radius 3 is 2.58 bits per heavy atom. The Kier molecular flexibility index (Phi) is 7.40. The van der Waals surface area contributed by atoms with Crippen molar-refractivity contribution in [3.05, 3.63) is 35.3 Å². The minimum Gasteiger partial charge on any atom is -0.494 e. The van der Waals surface area contributed by atoms with Gasteiger partial charge in [-0.25, -0.2) is 9.78 Å². The molecule has 26 heavy (non-hydrogen) atoms. The first kappa shape index (κ1) is 19.7. The summed E-state index contributed by atoms with van der Waals surface area (Å²) in [7, 11) is 0. The maximum absolute atomic E-state index is 12.1. The van der Waals surface area contributed by atoms with Crippen LogP contribution in [0.1, 0.15) is 26.5 Å². The summed E-state index contributed by atoms with van der Waals surface area (Å²) in [6, 6.07) is 7.16. The summed E-state index contributed by atoms with van der Waals surface area (Å²) >= 11 is 1.25. The van der Waals surface area contributed by atoms with E-state index >= 15 is 0 Å². The van der Waals surface area contributed by atoms with Crippen LogP contribution in [0.3, 0.4) is 0 Å². The van der Waals surface area contributed by atoms with E-state index in [-0.39, 0.29) is 18.2 Å². The zero-order valence-corrected chi connectivity index (χ0v) is 15.9. The smallest absolute Gasteiger partial charge is 0.413 e. The molecular formula is C18H23N3O4S. The molecule has 0 aliphatic rings. The molecule has 0 atom stereocenters. The molecule has 2 amide bonds. The van der Waals surface area contributed by atoms with E-state index in [2.05, 4.69) is 15.6 Å². The lowest BCUT2D eigenvalue weighted by Gasteiger charge is -2.07. The molecule has 2 rings (SSSR count). The van der Waals surface area contributed by atoms with Crippen LogP contribution in [0.15, 0.2) is 29.6 Å². The summed E-state index contributed by atoms with van der Waals surface area (Å²) in [6.45, 7) is 6.76. The van der Waals surface area contributed by atoms with Crippen LogP contribution in [0.5, 0.6) is 5.75 Å². The molecule has 7 nitrogen and oxygen atoms in total. The van der Waals surface area contributed by atoms with Crippen LogP contribution in [-0.4, -0.2) is 30.2 Å². The maximum atomic E-state index is 12.1. The Morgan fingerprint density at radius 2 is 1.92 bits per heavy atom. The van der Waals surface area contributed by atoms with E-state index in [1.165, 1.54) is 11.3 Å². The first-order valence-electron chi connectivity index (χ1n) is 8.37. The number of carbonyl (C=O) groups is 2. The van der Waals surface area contributed by atoms with E-state index < -0.39 is 6.09 Å². The lowest BCUT2D eigenvalue weighted by Crippen LogP contribution is -2.17. The van der Waals surface area contributed by atoms with Crippen molar-refractivity contribution in [3.63, 3.8) is 0 Å². The predicted molar refractivity (Wildman–Crippen MR) is 102 cm³/mol. The molecule has 8 heteroatoms. The first-order valence-corrected chi connectivity index (χ1v) is 9.25. The van der Waals surface area contributed by atoms with E-state index in [0.29, 0.717) is 29.7 Å². The van der Waals surface area contributed by atoms with Gasteiger partial charge >= 0.3 is 6.09 Å². The Bertz CT molecular complexity index is 728. The predicted octanol–water partition coefficient (Wildman–Crippen LogP) is 3.93. The number of nitrogens with zero attached hydrogens (tertiary/aromatic N) is 1. The van der Waals surface area contributed by atoms with Crippen molar-refractivity contribution >= 4 is 34.2 Å². The maximum Gasteiger partial charge on any atom is 0.413 e. The van der Waals surface area contributed by atoms with Gasteiger partial charge in [0.2, 0.25) is 5.91 Å². The summed E-state index contributed by atoms with van der Waals surface area (Å²) in [5.41, 5.74) is 1.27. The van der Waals surface area contributed by atoms with E-state index in [9.17, 15) is 9.59 Å². The highest BCUT2D eigenvalue weighted by Crippen LogP contribution is 2.18. The fourth-order valence-electron chi connectivity index (χ4n) is 1.98. The Morgan fingerprint density at radius 1 is 1.19 bits per heavy atom. The fourth-order valence-corrected chi connectivity index (χ4v) is 2.68. The number of benzene rings is 1. The molecule has 0 saturated carbocycles. The van der Waals surface area contributed by atoms with Gasteiger partial charge in [-0.1, -0.05) is 13.8 Å². The number of hydrogen-bond donors (Lipinski definition) is 2. The van der Waals surface area contributed by atoms with Crippen molar-refractivity contribution in [2.45, 2.75) is 27.2 Å². The van der Waals surface area contributed by atoms with Gasteiger partial charge in [-0.3, -0.25) is 10.1 Å². The third-order valence-corrected chi connectivity index (χ3v) is 3.91. The number of nitrogens with one attached hydrogen (secondary N) is 2. The SMILES string of the molecule is CCOc1ccc(NC(=O)Cc2csc(NC(=O)OCC(C)C)n2)cc1. The molecule has 0 aliphatic heterocycles. The van der Waals surface area contributed by atoms with Crippen LogP contribution >= 0.6 is 11.3 Å². The molecule has 0 bridgehead atoms. The van der Waals surface area contributed by atoms with Crippen molar-refractivity contribution in [2.24, 2.45) is 5.92 Å². The number of thiazole rings is 1. The number of anilines is 2. The second-order valence-corrected chi connectivity index (χ2v) is 6.80. The monoisotopic (exact) mass is 377 g/mol. The molecule has 2 N–H and O–H groups in total. The molecule has 0 aliphatic carbocycles. The van der Waals surface area contributed by atoms with Gasteiger partial charge in [-0.05, 0) is 37.1 Å². The number of rotatable bonds is 8. The fraction of sp³-hybridized carbons (Fsp3) is 0.389. The standard InChI is InChI=1S/C18H23N3O4S/c1-4-24-15-7-5-13(6-8-15)19-16(22)9-14-11-26-17(20-14)21-18(23)25-10-12(2)3/h5-8,11-12H,4,9-10H2,1-3H3,(H,19,22)(H,20,21,23). The van der Waals surface area contributed by atoms with Crippen molar-refractivity contribution in [3.8, 4) is 5.75 Å². The molecule has 0 fully saturated rings. The molecule has 1 aromatic carbocycles. The highest BCUT2D eigenvalue weighted by atomic mass is 32.1. The number of hydrogen-bond acceptors (Lipinski definition) is 6. The molecule has 1 heterocycles. The van der Waals surface area contributed by atoms with Crippen LogP contribution in [0.25, 0.3) is 0 Å². The van der Waals surface area contributed by atoms with E-state index in [1.807, 2.05) is 20.8 Å². The van der Waals surface area contributed by atoms with Gasteiger partial charge in [0.15, 0.2) is 5.13 Å².